The van der Waals surface area contributed by atoms with Crippen LogP contribution >= 0.6 is 12.4 Å². The third kappa shape index (κ3) is 4.29. The minimum absolute atomic E-state index is 0. The molecule has 0 radical (unpaired) electrons. The van der Waals surface area contributed by atoms with E-state index in [2.05, 4.69) is 15.0 Å². The molecule has 3 nitrogen and oxygen atoms in total. The van der Waals surface area contributed by atoms with Gasteiger partial charge in [-0.2, -0.15) is 0 Å². The first kappa shape index (κ1) is 17.9. The number of aromatic nitrogens is 1. The number of ether oxygens (including phenoxy) is 1. The average Bonchev–Trinajstić information content (AvgIpc) is 2.48. The van der Waals surface area contributed by atoms with Crippen LogP contribution in [-0.4, -0.2) is 11.3 Å². The zero-order chi connectivity index (χ0) is 16.4. The predicted molar refractivity (Wildman–Crippen MR) is 90.1 cm³/mol. The number of nitrogens with zero attached hydrogens (tertiary/aromatic N) is 1. The molecule has 126 valence electrons. The molecule has 0 saturated heterocycles. The highest BCUT2D eigenvalue weighted by atomic mass is 35.5. The topological polar surface area (TPSA) is 34.2 Å². The highest BCUT2D eigenvalue weighted by Crippen LogP contribution is 2.26. The molecule has 24 heavy (non-hydrogen) atoms. The van der Waals surface area contributed by atoms with Gasteiger partial charge in [0.2, 0.25) is 0 Å². The Morgan fingerprint density at radius 1 is 1.00 bits per heavy atom. The summed E-state index contributed by atoms with van der Waals surface area (Å²) in [7, 11) is 0. The lowest BCUT2D eigenvalue weighted by Crippen LogP contribution is -2.16. The van der Waals surface area contributed by atoms with Gasteiger partial charge in [0, 0.05) is 11.1 Å². The Hall–Kier alpha value is -2.47. The quantitative estimate of drug-likeness (QED) is 0.664. The lowest BCUT2D eigenvalue weighted by atomic mass is 10.1. The average molecular weight is 355 g/mol. The van der Waals surface area contributed by atoms with Crippen molar-refractivity contribution in [3.05, 3.63) is 60.2 Å². The van der Waals surface area contributed by atoms with Crippen LogP contribution in [0.5, 0.6) is 5.75 Å². The van der Waals surface area contributed by atoms with Gasteiger partial charge >= 0.3 is 6.36 Å². The number of hydrogen-bond acceptors (Lipinski definition) is 3. The van der Waals surface area contributed by atoms with E-state index in [0.717, 1.165) is 16.5 Å². The Labute approximate surface area is 142 Å². The van der Waals surface area contributed by atoms with Crippen molar-refractivity contribution in [1.29, 1.82) is 0 Å². The van der Waals surface area contributed by atoms with Crippen LogP contribution in [0, 0.1) is 6.92 Å². The summed E-state index contributed by atoms with van der Waals surface area (Å²) in [6, 6.07) is 15.3. The maximum absolute atomic E-state index is 12.1. The predicted octanol–water partition coefficient (Wildman–Crippen LogP) is 5.61. The van der Waals surface area contributed by atoms with Gasteiger partial charge in [-0.25, -0.2) is 4.98 Å². The molecule has 3 aromatic rings. The summed E-state index contributed by atoms with van der Waals surface area (Å²) in [6.45, 7) is 1.92. The molecule has 0 amide bonds. The monoisotopic (exact) mass is 354 g/mol. The number of nitrogens with one attached hydrogen (secondary N) is 1. The molecular weight excluding hydrogens is 341 g/mol. The summed E-state index contributed by atoms with van der Waals surface area (Å²) >= 11 is 0. The van der Waals surface area contributed by atoms with Crippen LogP contribution in [0.25, 0.3) is 10.9 Å². The van der Waals surface area contributed by atoms with Crippen LogP contribution in [0.1, 0.15) is 5.56 Å². The Morgan fingerprint density at radius 2 is 1.67 bits per heavy atom. The van der Waals surface area contributed by atoms with Crippen molar-refractivity contribution in [3.8, 4) is 5.75 Å². The van der Waals surface area contributed by atoms with Crippen LogP contribution < -0.4 is 10.1 Å². The van der Waals surface area contributed by atoms with Gasteiger partial charge in [-0.3, -0.25) is 0 Å². The molecular formula is C17H14ClF3N2O. The molecule has 0 saturated carbocycles. The van der Waals surface area contributed by atoms with E-state index < -0.39 is 6.36 Å². The molecule has 2 aromatic carbocycles. The van der Waals surface area contributed by atoms with Crippen LogP contribution in [0.15, 0.2) is 54.6 Å². The number of para-hydroxylation sites is 1. The Bertz CT molecular complexity index is 835. The maximum Gasteiger partial charge on any atom is 0.573 e. The minimum Gasteiger partial charge on any atom is -0.406 e. The molecule has 1 aromatic heterocycles. The third-order valence-corrected chi connectivity index (χ3v) is 3.27. The van der Waals surface area contributed by atoms with Crippen LogP contribution in [0.3, 0.4) is 0 Å². The molecule has 0 aliphatic rings. The second kappa shape index (κ2) is 6.97. The number of halogens is 4. The van der Waals surface area contributed by atoms with E-state index in [0.29, 0.717) is 11.5 Å². The van der Waals surface area contributed by atoms with Crippen molar-refractivity contribution in [2.75, 3.05) is 5.32 Å². The summed E-state index contributed by atoms with van der Waals surface area (Å²) in [4.78, 5) is 4.53. The minimum atomic E-state index is -4.69. The number of hydrogen-bond donors (Lipinski definition) is 1. The number of fused-ring (bicyclic) bond motifs is 1. The van der Waals surface area contributed by atoms with E-state index in [1.54, 1.807) is 0 Å². The molecule has 0 aliphatic carbocycles. The first-order chi connectivity index (χ1) is 10.9. The largest absolute Gasteiger partial charge is 0.573 e. The summed E-state index contributed by atoms with van der Waals surface area (Å²) in [5.74, 6) is 0.402. The molecule has 0 spiro atoms. The molecule has 3 rings (SSSR count). The summed E-state index contributed by atoms with van der Waals surface area (Å²) < 4.78 is 40.3. The van der Waals surface area contributed by atoms with E-state index in [1.807, 2.05) is 37.3 Å². The number of aryl methyl sites for hydroxylation is 1. The zero-order valence-corrected chi connectivity index (χ0v) is 13.4. The first-order valence-corrected chi connectivity index (χ1v) is 6.90. The SMILES string of the molecule is Cc1cc2ccccc2nc1Nc1ccc(OC(F)(F)F)cc1.Cl. The molecule has 1 heterocycles. The van der Waals surface area contributed by atoms with Gasteiger partial charge < -0.3 is 10.1 Å². The fourth-order valence-electron chi connectivity index (χ4n) is 2.22. The van der Waals surface area contributed by atoms with Crippen molar-refractivity contribution in [2.45, 2.75) is 13.3 Å². The summed E-state index contributed by atoms with van der Waals surface area (Å²) in [5, 5.41) is 4.14. The van der Waals surface area contributed by atoms with Crippen LogP contribution in [0.4, 0.5) is 24.7 Å². The van der Waals surface area contributed by atoms with Crippen molar-refractivity contribution >= 4 is 34.8 Å². The summed E-state index contributed by atoms with van der Waals surface area (Å²) in [5.41, 5.74) is 2.42. The van der Waals surface area contributed by atoms with Crippen molar-refractivity contribution < 1.29 is 17.9 Å². The van der Waals surface area contributed by atoms with E-state index in [9.17, 15) is 13.2 Å². The normalized spacial score (nSPS) is 11.0. The lowest BCUT2D eigenvalue weighted by molar-refractivity contribution is -0.274. The zero-order valence-electron chi connectivity index (χ0n) is 12.6. The van der Waals surface area contributed by atoms with E-state index in [4.69, 9.17) is 0 Å². The molecule has 0 atom stereocenters. The smallest absolute Gasteiger partial charge is 0.406 e. The molecule has 0 fully saturated rings. The van der Waals surface area contributed by atoms with Gasteiger partial charge in [0.1, 0.15) is 11.6 Å². The Balaban J connectivity index is 0.00000208. The Morgan fingerprint density at radius 3 is 2.33 bits per heavy atom. The highest BCUT2D eigenvalue weighted by Gasteiger charge is 2.30. The molecule has 0 unspecified atom stereocenters. The van der Waals surface area contributed by atoms with Gasteiger partial charge in [0.25, 0.3) is 0 Å². The van der Waals surface area contributed by atoms with Gasteiger partial charge in [-0.1, -0.05) is 18.2 Å². The number of pyridine rings is 1. The molecule has 0 aliphatic heterocycles. The Kier molecular flexibility index (Phi) is 5.19. The number of benzene rings is 2. The second-order valence-corrected chi connectivity index (χ2v) is 5.04. The maximum atomic E-state index is 12.1. The van der Waals surface area contributed by atoms with Crippen molar-refractivity contribution in [1.82, 2.24) is 4.98 Å². The third-order valence-electron chi connectivity index (χ3n) is 3.27. The summed E-state index contributed by atoms with van der Waals surface area (Å²) in [6.07, 6.45) is -4.69. The van der Waals surface area contributed by atoms with Crippen molar-refractivity contribution in [3.63, 3.8) is 0 Å². The van der Waals surface area contributed by atoms with Gasteiger partial charge in [-0.15, -0.1) is 25.6 Å². The number of anilines is 2. The molecule has 0 bridgehead atoms. The van der Waals surface area contributed by atoms with Crippen molar-refractivity contribution in [2.24, 2.45) is 0 Å². The fourth-order valence-corrected chi connectivity index (χ4v) is 2.22. The van der Waals surface area contributed by atoms with E-state index in [1.165, 1.54) is 24.3 Å². The van der Waals surface area contributed by atoms with Gasteiger partial charge in [0.05, 0.1) is 5.52 Å². The number of rotatable bonds is 3. The highest BCUT2D eigenvalue weighted by molar-refractivity contribution is 5.85. The van der Waals surface area contributed by atoms with E-state index >= 15 is 0 Å². The van der Waals surface area contributed by atoms with Gasteiger partial charge in [-0.05, 0) is 48.9 Å². The fraction of sp³-hybridized carbons (Fsp3) is 0.118. The molecule has 7 heteroatoms. The lowest BCUT2D eigenvalue weighted by Gasteiger charge is -2.12. The molecule has 1 N–H and O–H groups in total. The first-order valence-electron chi connectivity index (χ1n) is 6.90. The van der Waals surface area contributed by atoms with Crippen LogP contribution in [0.2, 0.25) is 0 Å². The van der Waals surface area contributed by atoms with Gasteiger partial charge in [0.15, 0.2) is 0 Å². The second-order valence-electron chi connectivity index (χ2n) is 5.04. The number of alkyl halides is 3. The van der Waals surface area contributed by atoms with E-state index in [-0.39, 0.29) is 18.2 Å². The van der Waals surface area contributed by atoms with Crippen LogP contribution in [-0.2, 0) is 0 Å². The standard InChI is InChI=1S/C17H13F3N2O.ClH/c1-11-10-12-4-2-3-5-15(12)22-16(11)21-13-6-8-14(9-7-13)23-17(18,19)20;/h2-10H,1H3,(H,21,22);1H.